The molecular formula is C20H23F4N. The van der Waals surface area contributed by atoms with Crippen molar-refractivity contribution >= 4 is 0 Å². The van der Waals surface area contributed by atoms with E-state index in [0.717, 1.165) is 11.6 Å². The van der Waals surface area contributed by atoms with Gasteiger partial charge in [-0.25, -0.2) is 4.39 Å². The normalized spacial score (nSPS) is 12.4. The molecule has 0 aliphatic heterocycles. The van der Waals surface area contributed by atoms with Crippen LogP contribution in [0.3, 0.4) is 0 Å². The summed E-state index contributed by atoms with van der Waals surface area (Å²) in [5.41, 5.74) is -0.635. The molecule has 0 fully saturated rings. The van der Waals surface area contributed by atoms with Gasteiger partial charge in [0, 0.05) is 12.1 Å². The van der Waals surface area contributed by atoms with Gasteiger partial charge >= 0.3 is 6.18 Å². The molecular weight excluding hydrogens is 330 g/mol. The minimum absolute atomic E-state index is 0.277. The first kappa shape index (κ1) is 19.4. The first-order chi connectivity index (χ1) is 11.6. The summed E-state index contributed by atoms with van der Waals surface area (Å²) in [4.78, 5) is 0. The molecule has 0 spiro atoms. The van der Waals surface area contributed by atoms with Gasteiger partial charge in [0.05, 0.1) is 5.56 Å². The summed E-state index contributed by atoms with van der Waals surface area (Å²) in [6.45, 7) is 5.85. The smallest absolute Gasteiger partial charge is 0.312 e. The monoisotopic (exact) mass is 353 g/mol. The molecule has 0 heterocycles. The number of alkyl halides is 3. The van der Waals surface area contributed by atoms with E-state index in [-0.39, 0.29) is 5.56 Å². The third kappa shape index (κ3) is 5.30. The summed E-state index contributed by atoms with van der Waals surface area (Å²) >= 11 is 0. The summed E-state index contributed by atoms with van der Waals surface area (Å²) in [6, 6.07) is 12.0. The van der Waals surface area contributed by atoms with Gasteiger partial charge < -0.3 is 5.32 Å². The zero-order valence-corrected chi connectivity index (χ0v) is 14.7. The molecule has 0 radical (unpaired) electrons. The second kappa shape index (κ2) is 7.56. The van der Waals surface area contributed by atoms with E-state index in [1.54, 1.807) is 20.8 Å². The van der Waals surface area contributed by atoms with Gasteiger partial charge in [-0.1, -0.05) is 51.1 Å². The first-order valence-corrected chi connectivity index (χ1v) is 8.24. The highest BCUT2D eigenvalue weighted by atomic mass is 19.4. The van der Waals surface area contributed by atoms with E-state index in [9.17, 15) is 17.6 Å². The second-order valence-corrected chi connectivity index (χ2v) is 7.16. The van der Waals surface area contributed by atoms with Crippen LogP contribution in [0.5, 0.6) is 0 Å². The quantitative estimate of drug-likeness (QED) is 0.555. The van der Waals surface area contributed by atoms with Gasteiger partial charge in [0.25, 0.3) is 0 Å². The standard InChI is InChI=1S/C20H23F4N/c1-19(2,3)18-16(20(22,23)24)11-15(12-17(18)21)9-10-25-13-14-7-5-4-6-8-14/h4-8,11-12,25H,9-10,13H2,1-3H3. The fourth-order valence-electron chi connectivity index (χ4n) is 2.85. The predicted octanol–water partition coefficient (Wildman–Crippen LogP) is 5.47. The van der Waals surface area contributed by atoms with Gasteiger partial charge in [0.15, 0.2) is 0 Å². The van der Waals surface area contributed by atoms with E-state index in [2.05, 4.69) is 5.32 Å². The van der Waals surface area contributed by atoms with Crippen molar-refractivity contribution in [3.05, 3.63) is 70.5 Å². The summed E-state index contributed by atoms with van der Waals surface area (Å²) in [7, 11) is 0. The summed E-state index contributed by atoms with van der Waals surface area (Å²) < 4.78 is 54.5. The molecule has 136 valence electrons. The Hall–Kier alpha value is -1.88. The summed E-state index contributed by atoms with van der Waals surface area (Å²) in [5.74, 6) is -0.791. The molecule has 0 aliphatic carbocycles. The van der Waals surface area contributed by atoms with E-state index >= 15 is 0 Å². The SMILES string of the molecule is CC(C)(C)c1c(F)cc(CCNCc2ccccc2)cc1C(F)(F)F. The van der Waals surface area contributed by atoms with Gasteiger partial charge in [0.2, 0.25) is 0 Å². The Bertz CT molecular complexity index is 700. The van der Waals surface area contributed by atoms with E-state index in [1.807, 2.05) is 30.3 Å². The van der Waals surface area contributed by atoms with Crippen molar-refractivity contribution < 1.29 is 17.6 Å². The summed E-state index contributed by atoms with van der Waals surface area (Å²) in [6.07, 6.45) is -4.24. The first-order valence-electron chi connectivity index (χ1n) is 8.24. The molecule has 0 aromatic heterocycles. The highest BCUT2D eigenvalue weighted by Gasteiger charge is 2.38. The van der Waals surface area contributed by atoms with Gasteiger partial charge in [-0.15, -0.1) is 0 Å². The molecule has 5 heteroatoms. The molecule has 0 atom stereocenters. The largest absolute Gasteiger partial charge is 0.416 e. The average Bonchev–Trinajstić information content (AvgIpc) is 2.50. The highest BCUT2D eigenvalue weighted by Crippen LogP contribution is 2.39. The van der Waals surface area contributed by atoms with Crippen LogP contribution >= 0.6 is 0 Å². The lowest BCUT2D eigenvalue weighted by atomic mass is 9.82. The van der Waals surface area contributed by atoms with Crippen LogP contribution in [0.2, 0.25) is 0 Å². The lowest BCUT2D eigenvalue weighted by Crippen LogP contribution is -2.23. The van der Waals surface area contributed by atoms with Gasteiger partial charge in [-0.2, -0.15) is 13.2 Å². The zero-order chi connectivity index (χ0) is 18.7. The maximum Gasteiger partial charge on any atom is 0.416 e. The Balaban J connectivity index is 2.13. The number of hydrogen-bond donors (Lipinski definition) is 1. The van der Waals surface area contributed by atoms with Gasteiger partial charge in [0.1, 0.15) is 5.82 Å². The van der Waals surface area contributed by atoms with Crippen molar-refractivity contribution in [2.24, 2.45) is 0 Å². The number of benzene rings is 2. The van der Waals surface area contributed by atoms with E-state index in [0.29, 0.717) is 25.1 Å². The van der Waals surface area contributed by atoms with E-state index < -0.39 is 23.0 Å². The average molecular weight is 353 g/mol. The summed E-state index contributed by atoms with van der Waals surface area (Å²) in [5, 5.41) is 3.17. The van der Waals surface area contributed by atoms with Crippen molar-refractivity contribution in [3.63, 3.8) is 0 Å². The van der Waals surface area contributed by atoms with E-state index in [1.165, 1.54) is 6.07 Å². The molecule has 2 aromatic rings. The van der Waals surface area contributed by atoms with Gasteiger partial charge in [-0.05, 0) is 41.6 Å². The Morgan fingerprint density at radius 2 is 1.56 bits per heavy atom. The second-order valence-electron chi connectivity index (χ2n) is 7.16. The fourth-order valence-corrected chi connectivity index (χ4v) is 2.85. The molecule has 0 saturated heterocycles. The lowest BCUT2D eigenvalue weighted by molar-refractivity contribution is -0.139. The van der Waals surface area contributed by atoms with Crippen LogP contribution < -0.4 is 5.32 Å². The number of rotatable bonds is 5. The molecule has 0 unspecified atom stereocenters. The van der Waals surface area contributed by atoms with Crippen LogP contribution in [0.4, 0.5) is 17.6 Å². The third-order valence-corrected chi connectivity index (χ3v) is 3.97. The van der Waals surface area contributed by atoms with Crippen molar-refractivity contribution in [1.82, 2.24) is 5.32 Å². The molecule has 25 heavy (non-hydrogen) atoms. The maximum atomic E-state index is 14.4. The molecule has 0 amide bonds. The van der Waals surface area contributed by atoms with Crippen LogP contribution in [-0.4, -0.2) is 6.54 Å². The topological polar surface area (TPSA) is 12.0 Å². The highest BCUT2D eigenvalue weighted by molar-refractivity contribution is 5.40. The molecule has 0 aliphatic rings. The Morgan fingerprint density at radius 3 is 2.12 bits per heavy atom. The zero-order valence-electron chi connectivity index (χ0n) is 14.7. The van der Waals surface area contributed by atoms with Crippen molar-refractivity contribution in [2.75, 3.05) is 6.54 Å². The number of hydrogen-bond acceptors (Lipinski definition) is 1. The lowest BCUT2D eigenvalue weighted by Gasteiger charge is -2.25. The van der Waals surface area contributed by atoms with Crippen LogP contribution in [0.25, 0.3) is 0 Å². The number of halogens is 4. The minimum Gasteiger partial charge on any atom is -0.312 e. The van der Waals surface area contributed by atoms with Crippen molar-refractivity contribution in [1.29, 1.82) is 0 Å². The molecule has 0 bridgehead atoms. The number of nitrogens with one attached hydrogen (secondary N) is 1. The molecule has 1 N–H and O–H groups in total. The Kier molecular flexibility index (Phi) is 5.88. The van der Waals surface area contributed by atoms with Crippen LogP contribution in [0, 0.1) is 5.82 Å². The molecule has 1 nitrogen and oxygen atoms in total. The van der Waals surface area contributed by atoms with Gasteiger partial charge in [-0.3, -0.25) is 0 Å². The third-order valence-electron chi connectivity index (χ3n) is 3.97. The Labute approximate surface area is 146 Å². The fraction of sp³-hybridized carbons (Fsp3) is 0.400. The van der Waals surface area contributed by atoms with Crippen LogP contribution in [0.1, 0.15) is 43.0 Å². The van der Waals surface area contributed by atoms with E-state index in [4.69, 9.17) is 0 Å². The van der Waals surface area contributed by atoms with Crippen LogP contribution in [0.15, 0.2) is 42.5 Å². The van der Waals surface area contributed by atoms with Crippen molar-refractivity contribution in [2.45, 2.75) is 45.3 Å². The predicted molar refractivity (Wildman–Crippen MR) is 92.0 cm³/mol. The molecule has 2 rings (SSSR count). The Morgan fingerprint density at radius 1 is 0.920 bits per heavy atom. The van der Waals surface area contributed by atoms with Crippen LogP contribution in [-0.2, 0) is 24.6 Å². The maximum absolute atomic E-state index is 14.4. The molecule has 2 aromatic carbocycles. The minimum atomic E-state index is -4.57. The molecule has 0 saturated carbocycles. The van der Waals surface area contributed by atoms with Crippen molar-refractivity contribution in [3.8, 4) is 0 Å².